The Labute approximate surface area is 155 Å². The molecule has 1 unspecified atom stereocenters. The summed E-state index contributed by atoms with van der Waals surface area (Å²) in [5, 5.41) is 2.91. The molecule has 136 valence electrons. The van der Waals surface area contributed by atoms with E-state index in [0.29, 0.717) is 17.0 Å². The van der Waals surface area contributed by atoms with Crippen molar-refractivity contribution in [1.82, 2.24) is 4.90 Å². The van der Waals surface area contributed by atoms with E-state index in [-0.39, 0.29) is 11.8 Å². The molecule has 1 heterocycles. The molecule has 0 radical (unpaired) electrons. The highest BCUT2D eigenvalue weighted by Gasteiger charge is 2.22. The first-order valence-corrected chi connectivity index (χ1v) is 9.22. The van der Waals surface area contributed by atoms with Crippen molar-refractivity contribution in [1.29, 1.82) is 0 Å². The van der Waals surface area contributed by atoms with Crippen LogP contribution < -0.4 is 5.32 Å². The zero-order valence-corrected chi connectivity index (χ0v) is 15.7. The van der Waals surface area contributed by atoms with Gasteiger partial charge in [0.15, 0.2) is 0 Å². The topological polar surface area (TPSA) is 49.4 Å². The molecule has 1 N–H and O–H groups in total. The van der Waals surface area contributed by atoms with Crippen molar-refractivity contribution in [2.75, 3.05) is 18.4 Å². The minimum absolute atomic E-state index is 0.0534. The fourth-order valence-corrected chi connectivity index (χ4v) is 3.34. The number of carbonyl (C=O) groups excluding carboxylic acids is 2. The van der Waals surface area contributed by atoms with Gasteiger partial charge in [0.2, 0.25) is 0 Å². The summed E-state index contributed by atoms with van der Waals surface area (Å²) in [5.74, 6) is 0.437. The largest absolute Gasteiger partial charge is 0.338 e. The number of piperidine rings is 1. The molecule has 0 spiro atoms. The van der Waals surface area contributed by atoms with Crippen LogP contribution in [0.25, 0.3) is 0 Å². The van der Waals surface area contributed by atoms with Crippen LogP contribution in [0.15, 0.2) is 42.5 Å². The van der Waals surface area contributed by atoms with Crippen LogP contribution in [-0.2, 0) is 0 Å². The Hall–Kier alpha value is -2.62. The number of anilines is 1. The Morgan fingerprint density at radius 3 is 2.35 bits per heavy atom. The molecule has 1 atom stereocenters. The van der Waals surface area contributed by atoms with Gasteiger partial charge in [-0.3, -0.25) is 9.59 Å². The second-order valence-corrected chi connectivity index (χ2v) is 7.33. The number of benzene rings is 2. The molecule has 0 saturated carbocycles. The molecule has 0 aliphatic carbocycles. The van der Waals surface area contributed by atoms with Gasteiger partial charge in [0.05, 0.1) is 0 Å². The molecule has 0 bridgehead atoms. The first-order chi connectivity index (χ1) is 12.4. The summed E-state index contributed by atoms with van der Waals surface area (Å²) in [4.78, 5) is 27.0. The van der Waals surface area contributed by atoms with Crippen molar-refractivity contribution in [2.45, 2.75) is 33.6 Å². The van der Waals surface area contributed by atoms with Gasteiger partial charge in [-0.05, 0) is 80.1 Å². The van der Waals surface area contributed by atoms with E-state index in [4.69, 9.17) is 0 Å². The van der Waals surface area contributed by atoms with E-state index in [9.17, 15) is 9.59 Å². The molecule has 0 aromatic heterocycles. The maximum atomic E-state index is 12.6. The van der Waals surface area contributed by atoms with E-state index in [1.54, 1.807) is 24.3 Å². The van der Waals surface area contributed by atoms with Crippen molar-refractivity contribution in [2.24, 2.45) is 5.92 Å². The molecule has 26 heavy (non-hydrogen) atoms. The van der Waals surface area contributed by atoms with Gasteiger partial charge < -0.3 is 10.2 Å². The monoisotopic (exact) mass is 350 g/mol. The van der Waals surface area contributed by atoms with Crippen LogP contribution in [0.2, 0.25) is 0 Å². The smallest absolute Gasteiger partial charge is 0.255 e. The summed E-state index contributed by atoms with van der Waals surface area (Å²) in [6, 6.07) is 12.8. The van der Waals surface area contributed by atoms with Gasteiger partial charge in [0.1, 0.15) is 0 Å². The number of amides is 2. The van der Waals surface area contributed by atoms with Crippen LogP contribution in [0.5, 0.6) is 0 Å². The summed E-state index contributed by atoms with van der Waals surface area (Å²) >= 11 is 0. The van der Waals surface area contributed by atoms with Crippen molar-refractivity contribution < 1.29 is 9.59 Å². The minimum Gasteiger partial charge on any atom is -0.338 e. The van der Waals surface area contributed by atoms with Crippen LogP contribution in [0, 0.1) is 19.8 Å². The number of nitrogens with zero attached hydrogens (tertiary/aromatic N) is 1. The number of aryl methyl sites for hydroxylation is 2. The number of nitrogens with one attached hydrogen (secondary N) is 1. The lowest BCUT2D eigenvalue weighted by atomic mass is 9.99. The van der Waals surface area contributed by atoms with E-state index in [1.807, 2.05) is 36.9 Å². The molecule has 1 fully saturated rings. The molecule has 2 aromatic carbocycles. The lowest BCUT2D eigenvalue weighted by Crippen LogP contribution is -2.39. The van der Waals surface area contributed by atoms with Crippen molar-refractivity contribution in [3.63, 3.8) is 0 Å². The van der Waals surface area contributed by atoms with Crippen LogP contribution in [-0.4, -0.2) is 29.8 Å². The molecule has 1 aliphatic rings. The van der Waals surface area contributed by atoms with Crippen LogP contribution in [0.1, 0.15) is 51.6 Å². The van der Waals surface area contributed by atoms with Gasteiger partial charge in [-0.15, -0.1) is 0 Å². The van der Waals surface area contributed by atoms with Crippen LogP contribution >= 0.6 is 0 Å². The maximum absolute atomic E-state index is 12.6. The highest BCUT2D eigenvalue weighted by molar-refractivity contribution is 6.05. The number of rotatable bonds is 3. The van der Waals surface area contributed by atoms with Crippen molar-refractivity contribution in [3.8, 4) is 0 Å². The minimum atomic E-state index is -0.168. The molecule has 3 rings (SSSR count). The Morgan fingerprint density at radius 2 is 1.69 bits per heavy atom. The molecule has 4 nitrogen and oxygen atoms in total. The predicted octanol–water partition coefficient (Wildman–Crippen LogP) is 4.43. The average molecular weight is 350 g/mol. The van der Waals surface area contributed by atoms with E-state index in [0.717, 1.165) is 30.8 Å². The third-order valence-electron chi connectivity index (χ3n) is 5.10. The molecule has 1 saturated heterocycles. The van der Waals surface area contributed by atoms with E-state index in [2.05, 4.69) is 12.2 Å². The average Bonchev–Trinajstić information content (AvgIpc) is 2.64. The molecule has 1 aliphatic heterocycles. The lowest BCUT2D eigenvalue weighted by molar-refractivity contribution is 0.0682. The van der Waals surface area contributed by atoms with Crippen molar-refractivity contribution in [3.05, 3.63) is 64.7 Å². The van der Waals surface area contributed by atoms with E-state index < -0.39 is 0 Å². The lowest BCUT2D eigenvalue weighted by Gasteiger charge is -2.31. The zero-order chi connectivity index (χ0) is 18.7. The number of hydrogen-bond acceptors (Lipinski definition) is 2. The standard InChI is InChI=1S/C22H26N2O2/c1-15-5-4-12-24(14-15)22(26)19-9-7-18(8-10-19)21(25)23-20-11-6-16(2)17(3)13-20/h6-11,13,15H,4-5,12,14H2,1-3H3,(H,23,25). The van der Waals surface area contributed by atoms with Crippen molar-refractivity contribution >= 4 is 17.5 Å². The fraction of sp³-hybridized carbons (Fsp3) is 0.364. The second-order valence-electron chi connectivity index (χ2n) is 7.33. The van der Waals surface area contributed by atoms with Gasteiger partial charge in [-0.1, -0.05) is 13.0 Å². The van der Waals surface area contributed by atoms with Gasteiger partial charge in [-0.25, -0.2) is 0 Å². The van der Waals surface area contributed by atoms with Crippen LogP contribution in [0.4, 0.5) is 5.69 Å². The number of likely N-dealkylation sites (tertiary alicyclic amines) is 1. The first-order valence-electron chi connectivity index (χ1n) is 9.22. The summed E-state index contributed by atoms with van der Waals surface area (Å²) in [5.41, 5.74) is 4.30. The predicted molar refractivity (Wildman–Crippen MR) is 105 cm³/mol. The quantitative estimate of drug-likeness (QED) is 0.890. The summed E-state index contributed by atoms with van der Waals surface area (Å²) in [7, 11) is 0. The Balaban J connectivity index is 1.67. The normalized spacial score (nSPS) is 17.0. The van der Waals surface area contributed by atoms with Gasteiger partial charge >= 0.3 is 0 Å². The van der Waals surface area contributed by atoms with Gasteiger partial charge in [0.25, 0.3) is 11.8 Å². The summed E-state index contributed by atoms with van der Waals surface area (Å²) in [6.45, 7) is 7.87. The maximum Gasteiger partial charge on any atom is 0.255 e. The number of hydrogen-bond donors (Lipinski definition) is 1. The third-order valence-corrected chi connectivity index (χ3v) is 5.10. The Kier molecular flexibility index (Phi) is 5.40. The molecule has 2 aromatic rings. The summed E-state index contributed by atoms with van der Waals surface area (Å²) in [6.07, 6.45) is 2.24. The van der Waals surface area contributed by atoms with Gasteiger partial charge in [0, 0.05) is 29.9 Å². The molecular weight excluding hydrogens is 324 g/mol. The Bertz CT molecular complexity index is 811. The first kappa shape index (κ1) is 18.2. The third kappa shape index (κ3) is 4.13. The molecule has 2 amide bonds. The zero-order valence-electron chi connectivity index (χ0n) is 15.7. The van der Waals surface area contributed by atoms with Crippen LogP contribution in [0.3, 0.4) is 0 Å². The van der Waals surface area contributed by atoms with E-state index in [1.165, 1.54) is 12.0 Å². The second kappa shape index (κ2) is 7.73. The SMILES string of the molecule is Cc1ccc(NC(=O)c2ccc(C(=O)N3CCCC(C)C3)cc2)cc1C. The van der Waals surface area contributed by atoms with E-state index >= 15 is 0 Å². The number of carbonyl (C=O) groups is 2. The molecular formula is C22H26N2O2. The van der Waals surface area contributed by atoms with Gasteiger partial charge in [-0.2, -0.15) is 0 Å². The highest BCUT2D eigenvalue weighted by Crippen LogP contribution is 2.19. The summed E-state index contributed by atoms with van der Waals surface area (Å²) < 4.78 is 0. The molecule has 4 heteroatoms. The highest BCUT2D eigenvalue weighted by atomic mass is 16.2. The fourth-order valence-electron chi connectivity index (χ4n) is 3.34. The Morgan fingerprint density at radius 1 is 1.00 bits per heavy atom.